The molecule has 0 spiro atoms. The molecule has 0 bridgehead atoms. The third-order valence-electron chi connectivity index (χ3n) is 5.95. The van der Waals surface area contributed by atoms with Gasteiger partial charge in [-0.2, -0.15) is 0 Å². The smallest absolute Gasteiger partial charge is 0.265 e. The van der Waals surface area contributed by atoms with E-state index in [1.807, 2.05) is 25.1 Å². The maximum atomic E-state index is 13.3. The molecule has 6 nitrogen and oxygen atoms in total. The van der Waals surface area contributed by atoms with Gasteiger partial charge in [0.25, 0.3) is 15.9 Å². The number of aryl methyl sites for hydroxylation is 2. The number of anilines is 1. The van der Waals surface area contributed by atoms with Crippen molar-refractivity contribution in [2.45, 2.75) is 31.7 Å². The molecule has 4 rings (SSSR count). The Morgan fingerprint density at radius 3 is 2.48 bits per heavy atom. The minimum absolute atomic E-state index is 0.0408. The van der Waals surface area contributed by atoms with Gasteiger partial charge in [0, 0.05) is 38.4 Å². The summed E-state index contributed by atoms with van der Waals surface area (Å²) in [6.07, 6.45) is 0.854. The number of carbonyl (C=O) groups is 1. The molecular formula is C25H29N3O3S2. The van der Waals surface area contributed by atoms with Crippen molar-refractivity contribution in [1.82, 2.24) is 9.80 Å². The zero-order valence-corrected chi connectivity index (χ0v) is 20.6. The first-order valence-corrected chi connectivity index (χ1v) is 13.4. The summed E-state index contributed by atoms with van der Waals surface area (Å²) in [6, 6.07) is 17.0. The minimum Gasteiger partial charge on any atom is -0.337 e. The predicted molar refractivity (Wildman–Crippen MR) is 133 cm³/mol. The predicted octanol–water partition coefficient (Wildman–Crippen LogP) is 4.51. The monoisotopic (exact) mass is 483 g/mol. The van der Waals surface area contributed by atoms with E-state index in [0.29, 0.717) is 18.8 Å². The maximum Gasteiger partial charge on any atom is 0.265 e. The number of carbonyl (C=O) groups excluding carboxylic acids is 1. The van der Waals surface area contributed by atoms with Gasteiger partial charge < -0.3 is 4.90 Å². The summed E-state index contributed by atoms with van der Waals surface area (Å²) in [5.41, 5.74) is 4.09. The van der Waals surface area contributed by atoms with Crippen molar-refractivity contribution >= 4 is 33.0 Å². The molecule has 3 aromatic rings. The minimum atomic E-state index is -3.86. The van der Waals surface area contributed by atoms with Crippen LogP contribution in [-0.4, -0.2) is 50.3 Å². The number of nitrogens with one attached hydrogen (secondary N) is 1. The summed E-state index contributed by atoms with van der Waals surface area (Å²) in [5, 5.41) is 1.67. The lowest BCUT2D eigenvalue weighted by Crippen LogP contribution is -2.35. The van der Waals surface area contributed by atoms with Crippen LogP contribution in [0, 0.1) is 13.8 Å². The molecule has 174 valence electrons. The summed E-state index contributed by atoms with van der Waals surface area (Å²) in [7, 11) is -3.86. The first kappa shape index (κ1) is 23.5. The van der Waals surface area contributed by atoms with Crippen molar-refractivity contribution in [3.8, 4) is 0 Å². The molecular weight excluding hydrogens is 454 g/mol. The first-order chi connectivity index (χ1) is 15.8. The van der Waals surface area contributed by atoms with Gasteiger partial charge in [-0.05, 0) is 55.0 Å². The molecule has 1 saturated heterocycles. The molecule has 0 atom stereocenters. The molecule has 0 unspecified atom stereocenters. The molecule has 8 heteroatoms. The van der Waals surface area contributed by atoms with E-state index < -0.39 is 10.0 Å². The van der Waals surface area contributed by atoms with Gasteiger partial charge in [-0.15, -0.1) is 11.3 Å². The number of rotatable bonds is 6. The van der Waals surface area contributed by atoms with Gasteiger partial charge in [0.15, 0.2) is 0 Å². The van der Waals surface area contributed by atoms with Crippen LogP contribution in [0.1, 0.15) is 32.8 Å². The standard InChI is InChI=1S/C25H29N3O3S2/c1-19-8-10-22(11-9-19)26-33(30,31)23-12-17-32-24(23)25(29)28-14-5-13-27(15-16-28)18-21-7-4-3-6-20(21)2/h3-4,6-12,17,26H,5,13-16,18H2,1-2H3. The quantitative estimate of drug-likeness (QED) is 0.560. The molecule has 0 aliphatic carbocycles. The molecule has 2 aromatic carbocycles. The van der Waals surface area contributed by atoms with E-state index in [2.05, 4.69) is 34.7 Å². The Balaban J connectivity index is 1.45. The topological polar surface area (TPSA) is 69.7 Å². The van der Waals surface area contributed by atoms with E-state index in [4.69, 9.17) is 0 Å². The van der Waals surface area contributed by atoms with E-state index >= 15 is 0 Å². The van der Waals surface area contributed by atoms with E-state index in [9.17, 15) is 13.2 Å². The van der Waals surface area contributed by atoms with E-state index in [1.165, 1.54) is 28.5 Å². The lowest BCUT2D eigenvalue weighted by molar-refractivity contribution is 0.0762. The van der Waals surface area contributed by atoms with Crippen LogP contribution in [0.5, 0.6) is 0 Å². The fraction of sp³-hybridized carbons (Fsp3) is 0.320. The van der Waals surface area contributed by atoms with Gasteiger partial charge in [-0.25, -0.2) is 8.42 Å². The van der Waals surface area contributed by atoms with Crippen LogP contribution in [-0.2, 0) is 16.6 Å². The zero-order chi connectivity index (χ0) is 23.4. The van der Waals surface area contributed by atoms with E-state index in [1.54, 1.807) is 22.4 Å². The second-order valence-electron chi connectivity index (χ2n) is 8.43. The van der Waals surface area contributed by atoms with Gasteiger partial charge >= 0.3 is 0 Å². The Kier molecular flexibility index (Phi) is 7.17. The summed E-state index contributed by atoms with van der Waals surface area (Å²) in [6.45, 7) is 7.77. The van der Waals surface area contributed by atoms with Crippen molar-refractivity contribution in [2.75, 3.05) is 30.9 Å². The number of thiophene rings is 1. The van der Waals surface area contributed by atoms with Gasteiger partial charge in [-0.3, -0.25) is 14.4 Å². The summed E-state index contributed by atoms with van der Waals surface area (Å²) < 4.78 is 28.7. The van der Waals surface area contributed by atoms with Crippen LogP contribution in [0.15, 0.2) is 64.9 Å². The van der Waals surface area contributed by atoms with Crippen LogP contribution >= 0.6 is 11.3 Å². The Hall–Kier alpha value is -2.68. The number of nitrogens with zero attached hydrogens (tertiary/aromatic N) is 2. The number of amides is 1. The van der Waals surface area contributed by atoms with E-state index in [0.717, 1.165) is 31.6 Å². The Morgan fingerprint density at radius 1 is 0.970 bits per heavy atom. The second kappa shape index (κ2) is 10.1. The fourth-order valence-corrected chi connectivity index (χ4v) is 6.45. The maximum absolute atomic E-state index is 13.3. The highest BCUT2D eigenvalue weighted by molar-refractivity contribution is 7.93. The highest BCUT2D eigenvalue weighted by atomic mass is 32.2. The van der Waals surface area contributed by atoms with Crippen molar-refractivity contribution in [2.24, 2.45) is 0 Å². The Labute approximate surface area is 199 Å². The van der Waals surface area contributed by atoms with Crippen LogP contribution in [0.4, 0.5) is 5.69 Å². The second-order valence-corrected chi connectivity index (χ2v) is 11.0. The third kappa shape index (κ3) is 5.63. The summed E-state index contributed by atoms with van der Waals surface area (Å²) in [5.74, 6) is -0.216. The van der Waals surface area contributed by atoms with Gasteiger partial charge in [0.1, 0.15) is 9.77 Å². The molecule has 1 aliphatic rings. The van der Waals surface area contributed by atoms with Crippen LogP contribution in [0.3, 0.4) is 0 Å². The highest BCUT2D eigenvalue weighted by Crippen LogP contribution is 2.26. The molecule has 33 heavy (non-hydrogen) atoms. The highest BCUT2D eigenvalue weighted by Gasteiger charge is 2.28. The summed E-state index contributed by atoms with van der Waals surface area (Å²) >= 11 is 1.18. The van der Waals surface area contributed by atoms with Crippen molar-refractivity contribution in [3.63, 3.8) is 0 Å². The third-order valence-corrected chi connectivity index (χ3v) is 8.40. The molecule has 1 aromatic heterocycles. The number of hydrogen-bond donors (Lipinski definition) is 1. The molecule has 1 N–H and O–H groups in total. The van der Waals surface area contributed by atoms with Crippen LogP contribution in [0.25, 0.3) is 0 Å². The van der Waals surface area contributed by atoms with E-state index in [-0.39, 0.29) is 15.7 Å². The SMILES string of the molecule is Cc1ccc(NS(=O)(=O)c2ccsc2C(=O)N2CCCN(Cc3ccccc3C)CC2)cc1. The molecule has 0 radical (unpaired) electrons. The van der Waals surface area contributed by atoms with Crippen LogP contribution < -0.4 is 4.72 Å². The van der Waals surface area contributed by atoms with Crippen molar-refractivity contribution < 1.29 is 13.2 Å². The average molecular weight is 484 g/mol. The molecule has 1 amide bonds. The van der Waals surface area contributed by atoms with Gasteiger partial charge in [0.05, 0.1) is 0 Å². The number of hydrogen-bond acceptors (Lipinski definition) is 5. The van der Waals surface area contributed by atoms with Gasteiger partial charge in [-0.1, -0.05) is 42.0 Å². The molecule has 0 saturated carbocycles. The average Bonchev–Trinajstić information content (AvgIpc) is 3.18. The van der Waals surface area contributed by atoms with Crippen molar-refractivity contribution in [1.29, 1.82) is 0 Å². The number of sulfonamides is 1. The largest absolute Gasteiger partial charge is 0.337 e. The molecule has 2 heterocycles. The van der Waals surface area contributed by atoms with Crippen LogP contribution in [0.2, 0.25) is 0 Å². The lowest BCUT2D eigenvalue weighted by atomic mass is 10.1. The first-order valence-electron chi connectivity index (χ1n) is 11.1. The zero-order valence-electron chi connectivity index (χ0n) is 19.0. The molecule has 1 aliphatic heterocycles. The summed E-state index contributed by atoms with van der Waals surface area (Å²) in [4.78, 5) is 17.8. The lowest BCUT2D eigenvalue weighted by Gasteiger charge is -2.22. The Morgan fingerprint density at radius 2 is 1.73 bits per heavy atom. The van der Waals surface area contributed by atoms with Crippen molar-refractivity contribution in [3.05, 3.63) is 81.5 Å². The van der Waals surface area contributed by atoms with Gasteiger partial charge in [0.2, 0.25) is 0 Å². The number of benzene rings is 2. The molecule has 1 fully saturated rings. The normalized spacial score (nSPS) is 15.3. The fourth-order valence-electron chi connectivity index (χ4n) is 4.00. The Bertz CT molecular complexity index is 1220.